The third-order valence-corrected chi connectivity index (χ3v) is 3.04. The Morgan fingerprint density at radius 1 is 1.47 bits per heavy atom. The van der Waals surface area contributed by atoms with Crippen LogP contribution in [0.3, 0.4) is 0 Å². The highest BCUT2D eigenvalue weighted by molar-refractivity contribution is 5.68. The van der Waals surface area contributed by atoms with Gasteiger partial charge in [-0.2, -0.15) is 0 Å². The first-order valence-electron chi connectivity index (χ1n) is 6.02. The fourth-order valence-electron chi connectivity index (χ4n) is 2.00. The molecular formula is C15H22N2. The topological polar surface area (TPSA) is 38.0 Å². The summed E-state index contributed by atoms with van der Waals surface area (Å²) in [6, 6.07) is 0. The first kappa shape index (κ1) is 13.4. The van der Waals surface area contributed by atoms with E-state index in [4.69, 9.17) is 5.73 Å². The van der Waals surface area contributed by atoms with Crippen LogP contribution in [0.15, 0.2) is 59.0 Å². The second-order valence-corrected chi connectivity index (χ2v) is 4.14. The summed E-state index contributed by atoms with van der Waals surface area (Å²) in [5, 5.41) is 3.37. The zero-order valence-corrected chi connectivity index (χ0v) is 11.1. The Balaban J connectivity index is 3.15. The van der Waals surface area contributed by atoms with Gasteiger partial charge in [-0.15, -0.1) is 0 Å². The van der Waals surface area contributed by atoms with Gasteiger partial charge in [-0.1, -0.05) is 32.2 Å². The van der Waals surface area contributed by atoms with Gasteiger partial charge in [0.1, 0.15) is 0 Å². The van der Waals surface area contributed by atoms with Gasteiger partial charge in [-0.25, -0.2) is 0 Å². The van der Waals surface area contributed by atoms with E-state index in [-0.39, 0.29) is 0 Å². The minimum Gasteiger partial charge on any atom is -0.397 e. The molecule has 17 heavy (non-hydrogen) atoms. The van der Waals surface area contributed by atoms with Gasteiger partial charge >= 0.3 is 0 Å². The molecule has 0 aromatic heterocycles. The van der Waals surface area contributed by atoms with Crippen molar-refractivity contribution < 1.29 is 0 Å². The van der Waals surface area contributed by atoms with Crippen LogP contribution in [-0.2, 0) is 0 Å². The van der Waals surface area contributed by atoms with Crippen LogP contribution in [0.2, 0.25) is 0 Å². The van der Waals surface area contributed by atoms with Crippen molar-refractivity contribution in [1.29, 1.82) is 0 Å². The predicted molar refractivity (Wildman–Crippen MR) is 75.3 cm³/mol. The molecule has 0 spiro atoms. The molecule has 0 bridgehead atoms. The molecule has 2 heteroatoms. The van der Waals surface area contributed by atoms with Crippen molar-refractivity contribution in [2.45, 2.75) is 27.2 Å². The quantitative estimate of drug-likeness (QED) is 0.712. The minimum atomic E-state index is 0.786. The van der Waals surface area contributed by atoms with Crippen molar-refractivity contribution in [1.82, 2.24) is 5.32 Å². The first-order valence-corrected chi connectivity index (χ1v) is 6.02. The number of hydrogen-bond acceptors (Lipinski definition) is 2. The van der Waals surface area contributed by atoms with Gasteiger partial charge in [0.25, 0.3) is 0 Å². The van der Waals surface area contributed by atoms with E-state index in [1.54, 1.807) is 0 Å². The fraction of sp³-hybridized carbons (Fsp3) is 0.333. The molecule has 0 radical (unpaired) electrons. The van der Waals surface area contributed by atoms with E-state index >= 15 is 0 Å². The SMILES string of the molecule is C=C/C(=C/C)C1=C(N)C(NCCC)=C(C)C1=C. The summed E-state index contributed by atoms with van der Waals surface area (Å²) in [4.78, 5) is 0. The van der Waals surface area contributed by atoms with Crippen LogP contribution >= 0.6 is 0 Å². The summed E-state index contributed by atoms with van der Waals surface area (Å²) in [6.45, 7) is 15.0. The smallest absolute Gasteiger partial charge is 0.0638 e. The number of hydrogen-bond donors (Lipinski definition) is 2. The van der Waals surface area contributed by atoms with Crippen LogP contribution in [0, 0.1) is 0 Å². The standard InChI is InChI=1S/C15H22N2/c1-6-9-17-15-11(5)10(4)13(14(15)16)12(7-2)8-3/h7-8,17H,2,4,6,9,16H2,1,3,5H3/b12-8-. The molecular weight excluding hydrogens is 208 g/mol. The zero-order chi connectivity index (χ0) is 13.0. The number of rotatable bonds is 5. The Kier molecular flexibility index (Phi) is 4.38. The van der Waals surface area contributed by atoms with Gasteiger partial charge in [0, 0.05) is 12.1 Å². The number of nitrogens with one attached hydrogen (secondary N) is 1. The Labute approximate surface area is 104 Å². The van der Waals surface area contributed by atoms with E-state index in [0.29, 0.717) is 0 Å². The number of allylic oxidation sites excluding steroid dienone is 6. The maximum Gasteiger partial charge on any atom is 0.0638 e. The van der Waals surface area contributed by atoms with Crippen LogP contribution in [0.4, 0.5) is 0 Å². The summed E-state index contributed by atoms with van der Waals surface area (Å²) in [5.41, 5.74) is 12.2. The molecule has 1 aliphatic rings. The van der Waals surface area contributed by atoms with E-state index in [9.17, 15) is 0 Å². The molecule has 0 aliphatic heterocycles. The van der Waals surface area contributed by atoms with Crippen molar-refractivity contribution in [3.63, 3.8) is 0 Å². The molecule has 1 aliphatic carbocycles. The molecule has 0 fully saturated rings. The molecule has 3 N–H and O–H groups in total. The molecule has 0 unspecified atom stereocenters. The second kappa shape index (κ2) is 5.58. The average molecular weight is 230 g/mol. The molecule has 0 aromatic carbocycles. The summed E-state index contributed by atoms with van der Waals surface area (Å²) in [6.07, 6.45) is 4.91. The summed E-state index contributed by atoms with van der Waals surface area (Å²) >= 11 is 0. The lowest BCUT2D eigenvalue weighted by molar-refractivity contribution is 0.770. The van der Waals surface area contributed by atoms with E-state index in [1.807, 2.05) is 19.1 Å². The van der Waals surface area contributed by atoms with Crippen LogP contribution in [0.25, 0.3) is 0 Å². The predicted octanol–water partition coefficient (Wildman–Crippen LogP) is 3.17. The highest BCUT2D eigenvalue weighted by Gasteiger charge is 2.24. The Morgan fingerprint density at radius 3 is 2.59 bits per heavy atom. The van der Waals surface area contributed by atoms with Gasteiger partial charge in [0.2, 0.25) is 0 Å². The third-order valence-electron chi connectivity index (χ3n) is 3.04. The van der Waals surface area contributed by atoms with Crippen LogP contribution < -0.4 is 11.1 Å². The molecule has 0 saturated carbocycles. The van der Waals surface area contributed by atoms with E-state index < -0.39 is 0 Å². The Morgan fingerprint density at radius 2 is 2.12 bits per heavy atom. The van der Waals surface area contributed by atoms with Gasteiger partial charge in [-0.3, -0.25) is 0 Å². The van der Waals surface area contributed by atoms with Crippen LogP contribution in [-0.4, -0.2) is 6.54 Å². The summed E-state index contributed by atoms with van der Waals surface area (Å²) in [5.74, 6) is 0. The maximum atomic E-state index is 6.21. The Hall–Kier alpha value is -1.70. The lowest BCUT2D eigenvalue weighted by atomic mass is 9.98. The lowest BCUT2D eigenvalue weighted by Gasteiger charge is -2.09. The molecule has 0 heterocycles. The summed E-state index contributed by atoms with van der Waals surface area (Å²) in [7, 11) is 0. The molecule has 0 amide bonds. The van der Waals surface area contributed by atoms with Crippen LogP contribution in [0.5, 0.6) is 0 Å². The van der Waals surface area contributed by atoms with Gasteiger partial charge < -0.3 is 11.1 Å². The van der Waals surface area contributed by atoms with Gasteiger partial charge in [-0.05, 0) is 37.0 Å². The van der Waals surface area contributed by atoms with Gasteiger partial charge in [0.05, 0.1) is 11.4 Å². The monoisotopic (exact) mass is 230 g/mol. The van der Waals surface area contributed by atoms with E-state index in [2.05, 4.69) is 32.3 Å². The minimum absolute atomic E-state index is 0.786. The van der Waals surface area contributed by atoms with Crippen molar-refractivity contribution in [3.8, 4) is 0 Å². The molecule has 0 atom stereocenters. The summed E-state index contributed by atoms with van der Waals surface area (Å²) < 4.78 is 0. The molecule has 0 aromatic rings. The first-order chi connectivity index (χ1) is 8.08. The molecule has 92 valence electrons. The van der Waals surface area contributed by atoms with E-state index in [1.165, 1.54) is 0 Å². The van der Waals surface area contributed by atoms with Crippen LogP contribution in [0.1, 0.15) is 27.2 Å². The molecule has 2 nitrogen and oxygen atoms in total. The zero-order valence-electron chi connectivity index (χ0n) is 11.1. The maximum absolute atomic E-state index is 6.21. The van der Waals surface area contributed by atoms with Crippen molar-refractivity contribution in [2.75, 3.05) is 6.54 Å². The van der Waals surface area contributed by atoms with Gasteiger partial charge in [0.15, 0.2) is 0 Å². The average Bonchev–Trinajstić information content (AvgIpc) is 2.53. The lowest BCUT2D eigenvalue weighted by Crippen LogP contribution is -2.19. The molecule has 0 saturated heterocycles. The fourth-order valence-corrected chi connectivity index (χ4v) is 2.00. The highest BCUT2D eigenvalue weighted by atomic mass is 14.9. The number of nitrogens with two attached hydrogens (primary N) is 1. The highest BCUT2D eigenvalue weighted by Crippen LogP contribution is 2.36. The second-order valence-electron chi connectivity index (χ2n) is 4.14. The molecule has 1 rings (SSSR count). The van der Waals surface area contributed by atoms with Crippen molar-refractivity contribution in [3.05, 3.63) is 59.0 Å². The van der Waals surface area contributed by atoms with Crippen molar-refractivity contribution in [2.24, 2.45) is 5.73 Å². The Bertz CT molecular complexity index is 434. The third kappa shape index (κ3) is 2.36. The van der Waals surface area contributed by atoms with E-state index in [0.717, 1.165) is 46.7 Å². The van der Waals surface area contributed by atoms with Crippen molar-refractivity contribution >= 4 is 0 Å². The normalized spacial score (nSPS) is 16.9. The largest absolute Gasteiger partial charge is 0.397 e.